The standard InChI is InChI=1S/C10H14FN3O/c1-7-2-3-8(11)9(6-7)13-5-4-10(12)14-15/h2-3,6,13,15H,4-5H2,1H3,(H2,12,14). The Morgan fingerprint density at radius 2 is 2.33 bits per heavy atom. The summed E-state index contributed by atoms with van der Waals surface area (Å²) in [5.41, 5.74) is 6.68. The molecule has 82 valence electrons. The van der Waals surface area contributed by atoms with E-state index in [0.717, 1.165) is 5.56 Å². The van der Waals surface area contributed by atoms with Crippen LogP contribution < -0.4 is 11.1 Å². The summed E-state index contributed by atoms with van der Waals surface area (Å²) in [5.74, 6) is -0.185. The fourth-order valence-corrected chi connectivity index (χ4v) is 1.15. The first-order valence-electron chi connectivity index (χ1n) is 4.60. The van der Waals surface area contributed by atoms with E-state index in [1.165, 1.54) is 6.07 Å². The number of anilines is 1. The van der Waals surface area contributed by atoms with Crippen molar-refractivity contribution in [3.05, 3.63) is 29.6 Å². The number of nitrogens with one attached hydrogen (secondary N) is 1. The van der Waals surface area contributed by atoms with Crippen LogP contribution in [0.5, 0.6) is 0 Å². The molecule has 0 saturated heterocycles. The van der Waals surface area contributed by atoms with Crippen LogP contribution in [0.2, 0.25) is 0 Å². The molecule has 4 nitrogen and oxygen atoms in total. The summed E-state index contributed by atoms with van der Waals surface area (Å²) in [6.45, 7) is 2.31. The molecule has 0 aliphatic heterocycles. The SMILES string of the molecule is Cc1ccc(F)c(NCCC(N)=NO)c1. The summed E-state index contributed by atoms with van der Waals surface area (Å²) >= 11 is 0. The Hall–Kier alpha value is -1.78. The molecular formula is C10H14FN3O. The van der Waals surface area contributed by atoms with Crippen molar-refractivity contribution in [2.75, 3.05) is 11.9 Å². The Kier molecular flexibility index (Phi) is 3.91. The largest absolute Gasteiger partial charge is 0.409 e. The van der Waals surface area contributed by atoms with Crippen molar-refractivity contribution >= 4 is 11.5 Å². The number of hydrogen-bond acceptors (Lipinski definition) is 3. The average Bonchev–Trinajstić information content (AvgIpc) is 2.23. The molecule has 1 aromatic rings. The molecule has 0 radical (unpaired) electrons. The Balaban J connectivity index is 2.54. The van der Waals surface area contributed by atoms with E-state index in [1.54, 1.807) is 12.1 Å². The number of benzene rings is 1. The van der Waals surface area contributed by atoms with Gasteiger partial charge in [0.05, 0.1) is 5.69 Å². The summed E-state index contributed by atoms with van der Waals surface area (Å²) in [5, 5.41) is 14.0. The molecule has 0 unspecified atom stereocenters. The number of halogens is 1. The molecule has 0 aliphatic rings. The van der Waals surface area contributed by atoms with Crippen molar-refractivity contribution < 1.29 is 9.60 Å². The Morgan fingerprint density at radius 1 is 1.60 bits per heavy atom. The number of oxime groups is 1. The Bertz CT molecular complexity index is 366. The predicted octanol–water partition coefficient (Wildman–Crippen LogP) is 1.68. The molecule has 1 rings (SSSR count). The zero-order chi connectivity index (χ0) is 11.3. The minimum atomic E-state index is -0.305. The molecule has 0 aliphatic carbocycles. The van der Waals surface area contributed by atoms with Crippen molar-refractivity contribution in [2.24, 2.45) is 10.9 Å². The van der Waals surface area contributed by atoms with Crippen molar-refractivity contribution in [1.82, 2.24) is 0 Å². The third-order valence-electron chi connectivity index (χ3n) is 1.95. The lowest BCUT2D eigenvalue weighted by molar-refractivity contribution is 0.317. The van der Waals surface area contributed by atoms with Gasteiger partial charge in [-0.3, -0.25) is 0 Å². The molecule has 0 aromatic heterocycles. The second-order valence-corrected chi connectivity index (χ2v) is 3.25. The van der Waals surface area contributed by atoms with Gasteiger partial charge in [-0.15, -0.1) is 0 Å². The Labute approximate surface area is 87.6 Å². The van der Waals surface area contributed by atoms with E-state index in [2.05, 4.69) is 10.5 Å². The molecule has 15 heavy (non-hydrogen) atoms. The van der Waals surface area contributed by atoms with E-state index < -0.39 is 0 Å². The maximum absolute atomic E-state index is 13.2. The fourth-order valence-electron chi connectivity index (χ4n) is 1.15. The van der Waals surface area contributed by atoms with E-state index in [9.17, 15) is 4.39 Å². The van der Waals surface area contributed by atoms with E-state index in [4.69, 9.17) is 10.9 Å². The molecule has 0 spiro atoms. The molecule has 0 heterocycles. The first-order valence-corrected chi connectivity index (χ1v) is 4.60. The van der Waals surface area contributed by atoms with E-state index in [-0.39, 0.29) is 11.7 Å². The summed E-state index contributed by atoms with van der Waals surface area (Å²) in [6, 6.07) is 4.81. The van der Waals surface area contributed by atoms with E-state index >= 15 is 0 Å². The van der Waals surface area contributed by atoms with E-state index in [1.807, 2.05) is 6.92 Å². The second-order valence-electron chi connectivity index (χ2n) is 3.25. The summed E-state index contributed by atoms with van der Waals surface area (Å²) < 4.78 is 13.2. The number of hydrogen-bond donors (Lipinski definition) is 3. The lowest BCUT2D eigenvalue weighted by atomic mass is 10.2. The first kappa shape index (κ1) is 11.3. The quantitative estimate of drug-likeness (QED) is 0.307. The van der Waals surface area contributed by atoms with Crippen molar-refractivity contribution in [3.8, 4) is 0 Å². The molecule has 0 atom stereocenters. The van der Waals surface area contributed by atoms with Gasteiger partial charge in [-0.25, -0.2) is 4.39 Å². The van der Waals surface area contributed by atoms with Gasteiger partial charge in [-0.05, 0) is 24.6 Å². The van der Waals surface area contributed by atoms with Gasteiger partial charge >= 0.3 is 0 Å². The van der Waals surface area contributed by atoms with Crippen LogP contribution in [0.4, 0.5) is 10.1 Å². The highest BCUT2D eigenvalue weighted by Gasteiger charge is 2.01. The van der Waals surface area contributed by atoms with Crippen molar-refractivity contribution in [3.63, 3.8) is 0 Å². The monoisotopic (exact) mass is 211 g/mol. The molecule has 4 N–H and O–H groups in total. The van der Waals surface area contributed by atoms with Crippen LogP contribution in [-0.4, -0.2) is 17.6 Å². The van der Waals surface area contributed by atoms with Gasteiger partial charge in [0.1, 0.15) is 11.7 Å². The van der Waals surface area contributed by atoms with Crippen LogP contribution in [0.1, 0.15) is 12.0 Å². The maximum atomic E-state index is 13.2. The number of amidine groups is 1. The average molecular weight is 211 g/mol. The molecule has 5 heteroatoms. The third kappa shape index (κ3) is 3.46. The normalized spacial score (nSPS) is 11.5. The lowest BCUT2D eigenvalue weighted by Gasteiger charge is -2.07. The molecule has 0 amide bonds. The van der Waals surface area contributed by atoms with Gasteiger partial charge in [-0.2, -0.15) is 0 Å². The van der Waals surface area contributed by atoms with Crippen LogP contribution in [0.3, 0.4) is 0 Å². The molecular weight excluding hydrogens is 197 g/mol. The number of nitrogens with zero attached hydrogens (tertiary/aromatic N) is 1. The summed E-state index contributed by atoms with van der Waals surface area (Å²) in [7, 11) is 0. The van der Waals surface area contributed by atoms with Crippen LogP contribution in [0.15, 0.2) is 23.4 Å². The Morgan fingerprint density at radius 3 is 3.00 bits per heavy atom. The van der Waals surface area contributed by atoms with Gasteiger partial charge in [0, 0.05) is 13.0 Å². The van der Waals surface area contributed by atoms with E-state index in [0.29, 0.717) is 18.7 Å². The lowest BCUT2D eigenvalue weighted by Crippen LogP contribution is -2.16. The minimum absolute atomic E-state index is 0.121. The van der Waals surface area contributed by atoms with Crippen molar-refractivity contribution in [1.29, 1.82) is 0 Å². The third-order valence-corrected chi connectivity index (χ3v) is 1.95. The highest BCUT2D eigenvalue weighted by Crippen LogP contribution is 2.15. The molecule has 0 saturated carbocycles. The smallest absolute Gasteiger partial charge is 0.146 e. The molecule has 0 fully saturated rings. The highest BCUT2D eigenvalue weighted by molar-refractivity contribution is 5.80. The topological polar surface area (TPSA) is 70.6 Å². The summed E-state index contributed by atoms with van der Waals surface area (Å²) in [4.78, 5) is 0. The zero-order valence-electron chi connectivity index (χ0n) is 8.50. The second kappa shape index (κ2) is 5.19. The molecule has 0 bridgehead atoms. The van der Waals surface area contributed by atoms with Crippen LogP contribution in [0.25, 0.3) is 0 Å². The predicted molar refractivity (Wildman–Crippen MR) is 57.7 cm³/mol. The molecule has 1 aromatic carbocycles. The minimum Gasteiger partial charge on any atom is -0.409 e. The van der Waals surface area contributed by atoms with Gasteiger partial charge in [0.2, 0.25) is 0 Å². The fraction of sp³-hybridized carbons (Fsp3) is 0.300. The van der Waals surface area contributed by atoms with Gasteiger partial charge in [0.15, 0.2) is 0 Å². The van der Waals surface area contributed by atoms with Crippen LogP contribution >= 0.6 is 0 Å². The number of nitrogens with two attached hydrogens (primary N) is 1. The number of aryl methyl sites for hydroxylation is 1. The first-order chi connectivity index (χ1) is 7.13. The van der Waals surface area contributed by atoms with Gasteiger partial charge in [0.25, 0.3) is 0 Å². The van der Waals surface area contributed by atoms with Gasteiger partial charge in [-0.1, -0.05) is 11.2 Å². The van der Waals surface area contributed by atoms with Gasteiger partial charge < -0.3 is 16.3 Å². The van der Waals surface area contributed by atoms with Crippen LogP contribution in [0, 0.1) is 12.7 Å². The maximum Gasteiger partial charge on any atom is 0.146 e. The van der Waals surface area contributed by atoms with Crippen molar-refractivity contribution in [2.45, 2.75) is 13.3 Å². The van der Waals surface area contributed by atoms with Crippen LogP contribution in [-0.2, 0) is 0 Å². The summed E-state index contributed by atoms with van der Waals surface area (Å²) in [6.07, 6.45) is 0.365. The number of rotatable bonds is 4. The highest BCUT2D eigenvalue weighted by atomic mass is 19.1. The zero-order valence-corrected chi connectivity index (χ0v) is 8.50.